The van der Waals surface area contributed by atoms with Crippen molar-refractivity contribution in [3.05, 3.63) is 23.5 Å². The molecule has 0 saturated carbocycles. The Hall–Kier alpha value is -0.800. The minimum atomic E-state index is 0.460. The number of aryl methyl sites for hydroxylation is 1. The Morgan fingerprint density at radius 1 is 1.47 bits per heavy atom. The Bertz CT molecular complexity index is 344. The van der Waals surface area contributed by atoms with E-state index in [1.165, 1.54) is 0 Å². The summed E-state index contributed by atoms with van der Waals surface area (Å²) in [6.45, 7) is 4.91. The summed E-state index contributed by atoms with van der Waals surface area (Å²) in [5, 5.41) is 3.44. The van der Waals surface area contributed by atoms with Gasteiger partial charge in [-0.05, 0) is 26.7 Å². The minimum Gasteiger partial charge on any atom is -0.497 e. The summed E-state index contributed by atoms with van der Waals surface area (Å²) >= 11 is 5.67. The molecule has 1 rings (SSSR count). The second-order valence-corrected chi connectivity index (χ2v) is 4.63. The molecule has 0 aliphatic carbocycles. The number of pyridine rings is 1. The summed E-state index contributed by atoms with van der Waals surface area (Å²) in [5.41, 5.74) is 1.99. The van der Waals surface area contributed by atoms with Gasteiger partial charge in [0.05, 0.1) is 12.8 Å². The third-order valence-electron chi connectivity index (χ3n) is 2.62. The van der Waals surface area contributed by atoms with Crippen LogP contribution in [0.5, 0.6) is 5.75 Å². The van der Waals surface area contributed by atoms with Crippen LogP contribution in [-0.2, 0) is 6.54 Å². The number of alkyl halides is 1. The van der Waals surface area contributed by atoms with Crippen molar-refractivity contribution in [2.45, 2.75) is 39.3 Å². The van der Waals surface area contributed by atoms with E-state index in [4.69, 9.17) is 16.3 Å². The smallest absolute Gasteiger partial charge is 0.122 e. The molecule has 0 aliphatic heterocycles. The van der Waals surface area contributed by atoms with E-state index >= 15 is 0 Å². The summed E-state index contributed by atoms with van der Waals surface area (Å²) < 4.78 is 5.22. The van der Waals surface area contributed by atoms with E-state index in [2.05, 4.69) is 17.2 Å². The highest BCUT2D eigenvalue weighted by atomic mass is 35.5. The lowest BCUT2D eigenvalue weighted by Crippen LogP contribution is -2.26. The van der Waals surface area contributed by atoms with Crippen molar-refractivity contribution in [1.29, 1.82) is 0 Å². The van der Waals surface area contributed by atoms with Crippen LogP contribution in [0.1, 0.15) is 31.2 Å². The molecule has 1 unspecified atom stereocenters. The monoisotopic (exact) mass is 256 g/mol. The molecule has 0 fully saturated rings. The number of hydrogen-bond donors (Lipinski definition) is 1. The van der Waals surface area contributed by atoms with Crippen LogP contribution < -0.4 is 10.1 Å². The lowest BCUT2D eigenvalue weighted by molar-refractivity contribution is 0.412. The molecule has 0 bridgehead atoms. The second-order valence-electron chi connectivity index (χ2n) is 4.25. The summed E-state index contributed by atoms with van der Waals surface area (Å²) in [4.78, 5) is 4.47. The zero-order valence-corrected chi connectivity index (χ0v) is 11.5. The number of rotatable bonds is 7. The molecule has 0 saturated heterocycles. The Kier molecular flexibility index (Phi) is 6.30. The fourth-order valence-electron chi connectivity index (χ4n) is 1.68. The van der Waals surface area contributed by atoms with Crippen LogP contribution in [0.2, 0.25) is 0 Å². The van der Waals surface area contributed by atoms with E-state index in [-0.39, 0.29) is 0 Å². The van der Waals surface area contributed by atoms with Crippen LogP contribution in [-0.4, -0.2) is 24.0 Å². The van der Waals surface area contributed by atoms with E-state index in [1.54, 1.807) is 7.11 Å². The van der Waals surface area contributed by atoms with Gasteiger partial charge in [0, 0.05) is 36.3 Å². The van der Waals surface area contributed by atoms with Gasteiger partial charge in [-0.15, -0.1) is 11.6 Å². The van der Waals surface area contributed by atoms with E-state index in [1.807, 2.05) is 19.1 Å². The van der Waals surface area contributed by atoms with Crippen molar-refractivity contribution in [1.82, 2.24) is 10.3 Å². The van der Waals surface area contributed by atoms with Crippen LogP contribution in [0.3, 0.4) is 0 Å². The Morgan fingerprint density at radius 3 is 2.88 bits per heavy atom. The summed E-state index contributed by atoms with van der Waals surface area (Å²) in [6.07, 6.45) is 2.13. The molecule has 1 aromatic heterocycles. The zero-order valence-electron chi connectivity index (χ0n) is 10.8. The molecule has 0 aromatic carbocycles. The standard InChI is InChI=1S/C13H21ClN2O/c1-10(5-4-6-14)15-9-12-8-13(17-3)7-11(2)16-12/h7-8,10,15H,4-6,9H2,1-3H3. The normalized spacial score (nSPS) is 12.5. The molecule has 1 atom stereocenters. The molecular weight excluding hydrogens is 236 g/mol. The molecule has 0 aliphatic rings. The first-order chi connectivity index (χ1) is 8.15. The molecule has 3 nitrogen and oxygen atoms in total. The lowest BCUT2D eigenvalue weighted by Gasteiger charge is -2.13. The quantitative estimate of drug-likeness (QED) is 0.762. The van der Waals surface area contributed by atoms with E-state index in [9.17, 15) is 0 Å². The van der Waals surface area contributed by atoms with Gasteiger partial charge in [-0.3, -0.25) is 4.98 Å². The molecule has 0 spiro atoms. The highest BCUT2D eigenvalue weighted by molar-refractivity contribution is 6.17. The SMILES string of the molecule is COc1cc(C)nc(CNC(C)CCCCl)c1. The maximum atomic E-state index is 5.67. The van der Waals surface area contributed by atoms with Crippen molar-refractivity contribution in [3.8, 4) is 5.75 Å². The van der Waals surface area contributed by atoms with Crippen LogP contribution >= 0.6 is 11.6 Å². The summed E-state index contributed by atoms with van der Waals surface area (Å²) in [6, 6.07) is 4.36. The highest BCUT2D eigenvalue weighted by Crippen LogP contribution is 2.13. The lowest BCUT2D eigenvalue weighted by atomic mass is 10.2. The Morgan fingerprint density at radius 2 is 2.24 bits per heavy atom. The first kappa shape index (κ1) is 14.3. The fraction of sp³-hybridized carbons (Fsp3) is 0.615. The number of halogens is 1. The third kappa shape index (κ3) is 5.37. The fourth-order valence-corrected chi connectivity index (χ4v) is 1.83. The first-order valence-electron chi connectivity index (χ1n) is 5.96. The molecule has 0 amide bonds. The molecular formula is C13H21ClN2O. The predicted molar refractivity (Wildman–Crippen MR) is 71.8 cm³/mol. The Labute approximate surface area is 109 Å². The van der Waals surface area contributed by atoms with Gasteiger partial charge in [0.15, 0.2) is 0 Å². The maximum absolute atomic E-state index is 5.67. The molecule has 4 heteroatoms. The highest BCUT2D eigenvalue weighted by Gasteiger charge is 2.04. The van der Waals surface area contributed by atoms with Crippen molar-refractivity contribution in [3.63, 3.8) is 0 Å². The predicted octanol–water partition coefficient (Wildman–Crippen LogP) is 2.90. The second kappa shape index (κ2) is 7.51. The van der Waals surface area contributed by atoms with E-state index < -0.39 is 0 Å². The van der Waals surface area contributed by atoms with Gasteiger partial charge in [-0.25, -0.2) is 0 Å². The molecule has 0 radical (unpaired) electrons. The van der Waals surface area contributed by atoms with Gasteiger partial charge in [0.1, 0.15) is 5.75 Å². The van der Waals surface area contributed by atoms with Gasteiger partial charge >= 0.3 is 0 Å². The van der Waals surface area contributed by atoms with Gasteiger partial charge in [0.25, 0.3) is 0 Å². The van der Waals surface area contributed by atoms with Crippen molar-refractivity contribution in [2.75, 3.05) is 13.0 Å². The van der Waals surface area contributed by atoms with Crippen LogP contribution in [0, 0.1) is 6.92 Å². The molecule has 96 valence electrons. The average molecular weight is 257 g/mol. The molecule has 1 aromatic rings. The topological polar surface area (TPSA) is 34.1 Å². The van der Waals surface area contributed by atoms with Crippen LogP contribution in [0.25, 0.3) is 0 Å². The number of hydrogen-bond acceptors (Lipinski definition) is 3. The number of aromatic nitrogens is 1. The van der Waals surface area contributed by atoms with Crippen LogP contribution in [0.4, 0.5) is 0 Å². The maximum Gasteiger partial charge on any atom is 0.122 e. The average Bonchev–Trinajstić information content (AvgIpc) is 2.33. The molecule has 1 heterocycles. The van der Waals surface area contributed by atoms with Crippen molar-refractivity contribution < 1.29 is 4.74 Å². The van der Waals surface area contributed by atoms with Crippen LogP contribution in [0.15, 0.2) is 12.1 Å². The number of methoxy groups -OCH3 is 1. The number of ether oxygens (including phenoxy) is 1. The Balaban J connectivity index is 2.48. The zero-order chi connectivity index (χ0) is 12.7. The minimum absolute atomic E-state index is 0.460. The molecule has 17 heavy (non-hydrogen) atoms. The van der Waals surface area contributed by atoms with Crippen molar-refractivity contribution >= 4 is 11.6 Å². The first-order valence-corrected chi connectivity index (χ1v) is 6.50. The van der Waals surface area contributed by atoms with Gasteiger partial charge in [0.2, 0.25) is 0 Å². The van der Waals surface area contributed by atoms with E-state index in [0.717, 1.165) is 42.4 Å². The van der Waals surface area contributed by atoms with Gasteiger partial charge < -0.3 is 10.1 Å². The number of nitrogens with zero attached hydrogens (tertiary/aromatic N) is 1. The third-order valence-corrected chi connectivity index (χ3v) is 2.89. The molecule has 1 N–H and O–H groups in total. The van der Waals surface area contributed by atoms with Crippen molar-refractivity contribution in [2.24, 2.45) is 0 Å². The number of nitrogens with one attached hydrogen (secondary N) is 1. The summed E-state index contributed by atoms with van der Waals surface area (Å²) in [5.74, 6) is 1.59. The largest absolute Gasteiger partial charge is 0.497 e. The van der Waals surface area contributed by atoms with E-state index in [0.29, 0.717) is 6.04 Å². The van der Waals surface area contributed by atoms with Gasteiger partial charge in [-0.1, -0.05) is 0 Å². The van der Waals surface area contributed by atoms with Gasteiger partial charge in [-0.2, -0.15) is 0 Å². The summed E-state index contributed by atoms with van der Waals surface area (Å²) in [7, 11) is 1.68.